The van der Waals surface area contributed by atoms with Crippen molar-refractivity contribution in [3.05, 3.63) is 12.2 Å². The van der Waals surface area contributed by atoms with E-state index in [9.17, 15) is 18.0 Å². The van der Waals surface area contributed by atoms with Crippen LogP contribution in [0.25, 0.3) is 0 Å². The van der Waals surface area contributed by atoms with Gasteiger partial charge in [-0.15, -0.1) is 0 Å². The molecule has 0 aromatic carbocycles. The first kappa shape index (κ1) is 28.6. The number of esters is 1. The van der Waals surface area contributed by atoms with E-state index in [1.54, 1.807) is 0 Å². The van der Waals surface area contributed by atoms with E-state index in [0.29, 0.717) is 6.42 Å². The average molecular weight is 448 g/mol. The predicted molar refractivity (Wildman–Crippen MR) is 120 cm³/mol. The molecule has 8 heteroatoms. The Labute approximate surface area is 182 Å². The van der Waals surface area contributed by atoms with Crippen molar-refractivity contribution < 1.29 is 27.3 Å². The minimum atomic E-state index is -4.71. The van der Waals surface area contributed by atoms with Crippen molar-refractivity contribution in [2.45, 2.75) is 108 Å². The molecule has 0 rings (SSSR count). The van der Waals surface area contributed by atoms with Crippen LogP contribution in [0.2, 0.25) is 0 Å². The number of allylic oxidation sites excluding steroid dienone is 2. The van der Waals surface area contributed by atoms with E-state index < -0.39 is 33.7 Å². The molecule has 0 aliphatic rings. The monoisotopic (exact) mass is 447 g/mol. The quantitative estimate of drug-likeness (QED) is 0.121. The smallest absolute Gasteiger partial charge is 0.327 e. The van der Waals surface area contributed by atoms with Gasteiger partial charge in [-0.3, -0.25) is 14.1 Å². The molecule has 1 amide bonds. The Morgan fingerprint density at radius 2 is 1.33 bits per heavy atom. The molecule has 0 radical (unpaired) electrons. The highest BCUT2D eigenvalue weighted by Gasteiger charge is 2.34. The zero-order valence-electron chi connectivity index (χ0n) is 18.5. The molecule has 3 N–H and O–H groups in total. The van der Waals surface area contributed by atoms with Crippen LogP contribution >= 0.6 is 0 Å². The number of primary amides is 1. The Morgan fingerprint density at radius 3 is 1.80 bits per heavy atom. The summed E-state index contributed by atoms with van der Waals surface area (Å²) in [7, 11) is -4.71. The number of unbranched alkanes of at least 4 members (excludes halogenated alkanes) is 12. The Bertz CT molecular complexity index is 588. The van der Waals surface area contributed by atoms with E-state index in [1.165, 1.54) is 51.4 Å². The maximum absolute atomic E-state index is 11.7. The van der Waals surface area contributed by atoms with Gasteiger partial charge in [-0.05, 0) is 32.1 Å². The third-order valence-electron chi connectivity index (χ3n) is 4.91. The van der Waals surface area contributed by atoms with Crippen molar-refractivity contribution in [3.63, 3.8) is 0 Å². The second-order valence-electron chi connectivity index (χ2n) is 7.78. The molecular formula is C22H41NO6S. The van der Waals surface area contributed by atoms with Crippen molar-refractivity contribution in [3.8, 4) is 0 Å². The number of carbonyl (C=O) groups excluding carboxylic acids is 2. The molecule has 1 unspecified atom stereocenters. The van der Waals surface area contributed by atoms with Gasteiger partial charge in [0.1, 0.15) is 0 Å². The summed E-state index contributed by atoms with van der Waals surface area (Å²) in [4.78, 5) is 22.5. The zero-order chi connectivity index (χ0) is 22.7. The van der Waals surface area contributed by atoms with Gasteiger partial charge in [0.05, 0.1) is 13.0 Å². The molecule has 176 valence electrons. The lowest BCUT2D eigenvalue weighted by molar-refractivity contribution is -0.144. The van der Waals surface area contributed by atoms with Gasteiger partial charge in [-0.2, -0.15) is 8.42 Å². The molecular weight excluding hydrogens is 406 g/mol. The molecule has 0 aliphatic heterocycles. The predicted octanol–water partition coefficient (Wildman–Crippen LogP) is 4.70. The van der Waals surface area contributed by atoms with E-state index in [2.05, 4.69) is 19.1 Å². The van der Waals surface area contributed by atoms with Crippen LogP contribution in [0.4, 0.5) is 0 Å². The van der Waals surface area contributed by atoms with Crippen molar-refractivity contribution in [1.29, 1.82) is 0 Å². The molecule has 7 nitrogen and oxygen atoms in total. The van der Waals surface area contributed by atoms with E-state index in [1.807, 2.05) is 0 Å². The maximum atomic E-state index is 11.7. The molecule has 0 bridgehead atoms. The van der Waals surface area contributed by atoms with E-state index in [-0.39, 0.29) is 6.61 Å². The topological polar surface area (TPSA) is 124 Å². The summed E-state index contributed by atoms with van der Waals surface area (Å²) in [5, 5.41) is -1.94. The van der Waals surface area contributed by atoms with Crippen molar-refractivity contribution in [1.82, 2.24) is 0 Å². The second kappa shape index (κ2) is 18.4. The third kappa shape index (κ3) is 17.4. The minimum Gasteiger partial charge on any atom is -0.465 e. The third-order valence-corrected chi connectivity index (χ3v) is 5.99. The molecule has 30 heavy (non-hydrogen) atoms. The number of ether oxygens (including phenoxy) is 1. The first-order valence-electron chi connectivity index (χ1n) is 11.3. The highest BCUT2D eigenvalue weighted by molar-refractivity contribution is 7.87. The molecule has 0 heterocycles. The number of nitrogens with two attached hydrogens (primary N) is 1. The largest absolute Gasteiger partial charge is 0.465 e. The molecule has 0 fully saturated rings. The van der Waals surface area contributed by atoms with Gasteiger partial charge in [-0.1, -0.05) is 76.9 Å². The Kier molecular flexibility index (Phi) is 17.5. The van der Waals surface area contributed by atoms with Gasteiger partial charge in [0, 0.05) is 0 Å². The fraction of sp³-hybridized carbons (Fsp3) is 0.818. The summed E-state index contributed by atoms with van der Waals surface area (Å²) < 4.78 is 36.1. The van der Waals surface area contributed by atoms with E-state index >= 15 is 0 Å². The molecule has 1 atom stereocenters. The van der Waals surface area contributed by atoms with Gasteiger partial charge >= 0.3 is 5.97 Å². The molecule has 0 aromatic rings. The molecule has 0 aromatic heterocycles. The number of amides is 1. The van der Waals surface area contributed by atoms with Gasteiger partial charge in [0.25, 0.3) is 10.1 Å². The number of rotatable bonds is 20. The maximum Gasteiger partial charge on any atom is 0.327 e. The Balaban J connectivity index is 3.58. The highest BCUT2D eigenvalue weighted by Crippen LogP contribution is 2.11. The van der Waals surface area contributed by atoms with Crippen LogP contribution in [-0.2, 0) is 24.4 Å². The van der Waals surface area contributed by atoms with E-state index in [0.717, 1.165) is 32.1 Å². The highest BCUT2D eigenvalue weighted by atomic mass is 32.2. The standard InChI is InChI=1S/C22H41NO6S/c1-2-3-4-5-6-7-8-9-10-11-12-13-14-15-16-17-18-29-22(25)20(19-21(23)24)30(26,27)28/h9-10,20H,2-8,11-19H2,1H3,(H2,23,24)(H,26,27,28)/b10-9-. The van der Waals surface area contributed by atoms with Gasteiger partial charge in [0.2, 0.25) is 5.91 Å². The summed E-state index contributed by atoms with van der Waals surface area (Å²) in [6, 6.07) is 0. The SMILES string of the molecule is CCCCCCCC/C=C\CCCCCCCCOC(=O)C(CC(N)=O)S(=O)(=O)O. The summed E-state index contributed by atoms with van der Waals surface area (Å²) in [5.74, 6) is -2.13. The van der Waals surface area contributed by atoms with Crippen LogP contribution in [-0.4, -0.2) is 36.7 Å². The van der Waals surface area contributed by atoms with Crippen LogP contribution in [0.5, 0.6) is 0 Å². The van der Waals surface area contributed by atoms with Crippen LogP contribution in [0.1, 0.15) is 103 Å². The van der Waals surface area contributed by atoms with Crippen molar-refractivity contribution in [2.24, 2.45) is 5.73 Å². The minimum absolute atomic E-state index is 0.0603. The van der Waals surface area contributed by atoms with Crippen LogP contribution in [0.3, 0.4) is 0 Å². The molecule has 0 saturated carbocycles. The molecule has 0 aliphatic carbocycles. The fourth-order valence-electron chi connectivity index (χ4n) is 3.11. The van der Waals surface area contributed by atoms with Crippen molar-refractivity contribution >= 4 is 22.0 Å². The van der Waals surface area contributed by atoms with Gasteiger partial charge in [-0.25, -0.2) is 0 Å². The van der Waals surface area contributed by atoms with Crippen LogP contribution in [0.15, 0.2) is 12.2 Å². The number of hydrogen-bond donors (Lipinski definition) is 2. The number of carbonyl (C=O) groups is 2. The lowest BCUT2D eigenvalue weighted by atomic mass is 10.1. The lowest BCUT2D eigenvalue weighted by Crippen LogP contribution is -2.35. The summed E-state index contributed by atoms with van der Waals surface area (Å²) in [6.07, 6.45) is 20.0. The normalized spacial score (nSPS) is 12.9. The Morgan fingerprint density at radius 1 is 0.867 bits per heavy atom. The first-order valence-corrected chi connectivity index (χ1v) is 12.9. The van der Waals surface area contributed by atoms with Crippen LogP contribution in [0, 0.1) is 0 Å². The molecule has 0 saturated heterocycles. The average Bonchev–Trinajstić information content (AvgIpc) is 2.67. The summed E-state index contributed by atoms with van der Waals surface area (Å²) in [6.45, 7) is 2.30. The van der Waals surface area contributed by atoms with Gasteiger partial charge < -0.3 is 10.5 Å². The summed E-state index contributed by atoms with van der Waals surface area (Å²) in [5.41, 5.74) is 4.90. The Hall–Kier alpha value is -1.41. The van der Waals surface area contributed by atoms with E-state index in [4.69, 9.17) is 15.0 Å². The first-order chi connectivity index (χ1) is 14.3. The van der Waals surface area contributed by atoms with Crippen LogP contribution < -0.4 is 5.73 Å². The second-order valence-corrected chi connectivity index (χ2v) is 9.38. The van der Waals surface area contributed by atoms with Crippen molar-refractivity contribution in [2.75, 3.05) is 6.61 Å². The number of hydrogen-bond acceptors (Lipinski definition) is 5. The molecule has 0 spiro atoms. The zero-order valence-corrected chi connectivity index (χ0v) is 19.3. The van der Waals surface area contributed by atoms with Gasteiger partial charge in [0.15, 0.2) is 5.25 Å². The fourth-order valence-corrected chi connectivity index (χ4v) is 3.79. The summed E-state index contributed by atoms with van der Waals surface area (Å²) >= 11 is 0. The lowest BCUT2D eigenvalue weighted by Gasteiger charge is -2.11.